The van der Waals surface area contributed by atoms with Gasteiger partial charge in [0.1, 0.15) is 6.61 Å². The number of aliphatic hydroxyl groups is 1. The minimum absolute atomic E-state index is 0.0679. The molecule has 0 fully saturated rings. The first-order chi connectivity index (χ1) is 8.17. The molecule has 0 unspecified atom stereocenters. The average Bonchev–Trinajstić information content (AvgIpc) is 2.30. The van der Waals surface area contributed by atoms with Crippen LogP contribution in [0.1, 0.15) is 25.3 Å². The Labute approximate surface area is 106 Å². The molecule has 0 saturated carbocycles. The van der Waals surface area contributed by atoms with Gasteiger partial charge < -0.3 is 10.4 Å². The lowest BCUT2D eigenvalue weighted by atomic mass is 10.2. The molecule has 17 heavy (non-hydrogen) atoms. The molecule has 0 heterocycles. The van der Waals surface area contributed by atoms with Crippen molar-refractivity contribution in [3.8, 4) is 11.8 Å². The highest BCUT2D eigenvalue weighted by Gasteiger charge is 2.05. The number of halogens is 1. The summed E-state index contributed by atoms with van der Waals surface area (Å²) in [4.78, 5) is 11.4. The van der Waals surface area contributed by atoms with Crippen LogP contribution in [-0.2, 0) is 4.79 Å². The maximum atomic E-state index is 11.4. The number of carbonyl (C=O) groups is 1. The van der Waals surface area contributed by atoms with Crippen molar-refractivity contribution in [2.75, 3.05) is 11.9 Å². The van der Waals surface area contributed by atoms with Crippen molar-refractivity contribution in [2.24, 2.45) is 0 Å². The van der Waals surface area contributed by atoms with Gasteiger partial charge in [0.25, 0.3) is 0 Å². The van der Waals surface area contributed by atoms with Gasteiger partial charge in [-0.3, -0.25) is 4.79 Å². The summed E-state index contributed by atoms with van der Waals surface area (Å²) in [5.41, 5.74) is 1.25. The fourth-order valence-electron chi connectivity index (χ4n) is 1.28. The van der Waals surface area contributed by atoms with Crippen LogP contribution in [0, 0.1) is 11.8 Å². The Balaban J connectivity index is 2.86. The Bertz CT molecular complexity index is 460. The van der Waals surface area contributed by atoms with Crippen LogP contribution in [0.15, 0.2) is 18.2 Å². The lowest BCUT2D eigenvalue weighted by molar-refractivity contribution is -0.116. The van der Waals surface area contributed by atoms with Crippen LogP contribution >= 0.6 is 11.6 Å². The molecular weight excluding hydrogens is 238 g/mol. The van der Waals surface area contributed by atoms with Gasteiger partial charge in [-0.15, -0.1) is 0 Å². The number of rotatable bonds is 3. The third-order valence-electron chi connectivity index (χ3n) is 2.03. The normalized spacial score (nSPS) is 9.35. The molecule has 2 N–H and O–H groups in total. The van der Waals surface area contributed by atoms with E-state index in [9.17, 15) is 4.79 Å². The number of anilines is 1. The first-order valence-electron chi connectivity index (χ1n) is 5.36. The second kappa shape index (κ2) is 6.95. The number of amides is 1. The molecule has 0 aliphatic rings. The van der Waals surface area contributed by atoms with Gasteiger partial charge in [0.05, 0.1) is 10.7 Å². The molecule has 0 aliphatic heterocycles. The van der Waals surface area contributed by atoms with Gasteiger partial charge in [-0.2, -0.15) is 0 Å². The SMILES string of the molecule is CCCC(=O)Nc1cc(C#CCO)ccc1Cl. The van der Waals surface area contributed by atoms with Gasteiger partial charge in [0.15, 0.2) is 0 Å². The van der Waals surface area contributed by atoms with Gasteiger partial charge >= 0.3 is 0 Å². The molecule has 1 aromatic rings. The quantitative estimate of drug-likeness (QED) is 0.811. The molecular formula is C13H14ClNO2. The van der Waals surface area contributed by atoms with Crippen LogP contribution in [0.2, 0.25) is 5.02 Å². The molecule has 1 aromatic carbocycles. The molecule has 0 atom stereocenters. The summed E-state index contributed by atoms with van der Waals surface area (Å²) in [7, 11) is 0. The van der Waals surface area contributed by atoms with E-state index in [1.807, 2.05) is 6.92 Å². The van der Waals surface area contributed by atoms with Crippen molar-refractivity contribution in [2.45, 2.75) is 19.8 Å². The summed E-state index contributed by atoms with van der Waals surface area (Å²) in [5, 5.41) is 11.8. The van der Waals surface area contributed by atoms with Crippen LogP contribution in [-0.4, -0.2) is 17.6 Å². The summed E-state index contributed by atoms with van der Waals surface area (Å²) in [6, 6.07) is 5.10. The molecule has 0 aliphatic carbocycles. The van der Waals surface area contributed by atoms with Crippen molar-refractivity contribution in [1.82, 2.24) is 0 Å². The van der Waals surface area contributed by atoms with Gasteiger partial charge in [-0.1, -0.05) is 30.4 Å². The van der Waals surface area contributed by atoms with E-state index in [-0.39, 0.29) is 12.5 Å². The van der Waals surface area contributed by atoms with Crippen molar-refractivity contribution < 1.29 is 9.90 Å². The molecule has 0 radical (unpaired) electrons. The standard InChI is InChI=1S/C13H14ClNO2/c1-2-4-13(17)15-12-9-10(5-3-8-16)6-7-11(12)14/h6-7,9,16H,2,4,8H2,1H3,(H,15,17). The van der Waals surface area contributed by atoms with Crippen molar-refractivity contribution >= 4 is 23.2 Å². The minimum Gasteiger partial charge on any atom is -0.384 e. The Morgan fingerprint density at radius 3 is 2.94 bits per heavy atom. The van der Waals surface area contributed by atoms with Crippen molar-refractivity contribution in [1.29, 1.82) is 0 Å². The molecule has 0 aromatic heterocycles. The lowest BCUT2D eigenvalue weighted by Gasteiger charge is -2.06. The highest BCUT2D eigenvalue weighted by molar-refractivity contribution is 6.33. The first kappa shape index (κ1) is 13.6. The molecule has 1 rings (SSSR count). The Hall–Kier alpha value is -1.50. The van der Waals surface area contributed by atoms with Crippen LogP contribution in [0.4, 0.5) is 5.69 Å². The van der Waals surface area contributed by atoms with Gasteiger partial charge in [0, 0.05) is 12.0 Å². The van der Waals surface area contributed by atoms with Crippen molar-refractivity contribution in [3.05, 3.63) is 28.8 Å². The zero-order chi connectivity index (χ0) is 12.7. The Kier molecular flexibility index (Phi) is 5.55. The maximum Gasteiger partial charge on any atom is 0.224 e. The van der Waals surface area contributed by atoms with Crippen LogP contribution in [0.5, 0.6) is 0 Å². The largest absolute Gasteiger partial charge is 0.384 e. The molecule has 3 nitrogen and oxygen atoms in total. The summed E-state index contributed by atoms with van der Waals surface area (Å²) < 4.78 is 0. The second-order valence-corrected chi connectivity index (χ2v) is 3.86. The van der Waals surface area contributed by atoms with Crippen LogP contribution in [0.3, 0.4) is 0 Å². The first-order valence-corrected chi connectivity index (χ1v) is 5.74. The van der Waals surface area contributed by atoms with E-state index in [2.05, 4.69) is 17.2 Å². The fourth-order valence-corrected chi connectivity index (χ4v) is 1.44. The monoisotopic (exact) mass is 251 g/mol. The zero-order valence-electron chi connectivity index (χ0n) is 9.59. The molecule has 90 valence electrons. The topological polar surface area (TPSA) is 49.3 Å². The number of carbonyl (C=O) groups excluding carboxylic acids is 1. The van der Waals surface area contributed by atoms with E-state index >= 15 is 0 Å². The number of aliphatic hydroxyl groups excluding tert-OH is 1. The van der Waals surface area contributed by atoms with E-state index in [1.165, 1.54) is 0 Å². The number of hydrogen-bond acceptors (Lipinski definition) is 2. The number of hydrogen-bond donors (Lipinski definition) is 2. The summed E-state index contributed by atoms with van der Waals surface area (Å²) in [6.07, 6.45) is 1.25. The van der Waals surface area contributed by atoms with E-state index in [1.54, 1.807) is 18.2 Å². The Morgan fingerprint density at radius 1 is 1.53 bits per heavy atom. The van der Waals surface area contributed by atoms with E-state index in [0.717, 1.165) is 6.42 Å². The van der Waals surface area contributed by atoms with Gasteiger partial charge in [-0.05, 0) is 24.6 Å². The zero-order valence-corrected chi connectivity index (χ0v) is 10.3. The molecule has 0 spiro atoms. The van der Waals surface area contributed by atoms with Crippen LogP contribution < -0.4 is 5.32 Å². The van der Waals surface area contributed by atoms with E-state index < -0.39 is 0 Å². The fraction of sp³-hybridized carbons (Fsp3) is 0.308. The van der Waals surface area contributed by atoms with Gasteiger partial charge in [-0.25, -0.2) is 0 Å². The molecule has 4 heteroatoms. The minimum atomic E-state index is -0.194. The van der Waals surface area contributed by atoms with Crippen LogP contribution in [0.25, 0.3) is 0 Å². The predicted octanol–water partition coefficient (Wildman–Crippen LogP) is 2.42. The number of benzene rings is 1. The predicted molar refractivity (Wildman–Crippen MR) is 69.0 cm³/mol. The van der Waals surface area contributed by atoms with Gasteiger partial charge in [0.2, 0.25) is 5.91 Å². The summed E-state index contributed by atoms with van der Waals surface area (Å²) in [6.45, 7) is 1.74. The van der Waals surface area contributed by atoms with Crippen molar-refractivity contribution in [3.63, 3.8) is 0 Å². The maximum absolute atomic E-state index is 11.4. The van der Waals surface area contributed by atoms with E-state index in [4.69, 9.17) is 16.7 Å². The highest BCUT2D eigenvalue weighted by atomic mass is 35.5. The third kappa shape index (κ3) is 4.48. The highest BCUT2D eigenvalue weighted by Crippen LogP contribution is 2.22. The summed E-state index contributed by atoms with van der Waals surface area (Å²) >= 11 is 5.96. The lowest BCUT2D eigenvalue weighted by Crippen LogP contribution is -2.11. The molecule has 1 amide bonds. The molecule has 0 saturated heterocycles. The number of nitrogens with one attached hydrogen (secondary N) is 1. The Morgan fingerprint density at radius 2 is 2.29 bits per heavy atom. The second-order valence-electron chi connectivity index (χ2n) is 3.45. The molecule has 0 bridgehead atoms. The average molecular weight is 252 g/mol. The summed E-state index contributed by atoms with van der Waals surface area (Å²) in [5.74, 6) is 5.23. The third-order valence-corrected chi connectivity index (χ3v) is 2.36. The van der Waals surface area contributed by atoms with E-state index in [0.29, 0.717) is 22.7 Å². The smallest absolute Gasteiger partial charge is 0.224 e.